The highest BCUT2D eigenvalue weighted by Crippen LogP contribution is 2.23. The molecule has 0 unspecified atom stereocenters. The zero-order valence-electron chi connectivity index (χ0n) is 8.81. The molecular formula is C12H10N2O3. The van der Waals surface area contributed by atoms with Gasteiger partial charge < -0.3 is 15.8 Å². The Kier molecular flexibility index (Phi) is 2.66. The highest BCUT2D eigenvalue weighted by Gasteiger charge is 2.14. The third-order valence-electron chi connectivity index (χ3n) is 2.37. The highest BCUT2D eigenvalue weighted by molar-refractivity contribution is 6.03. The molecule has 0 saturated heterocycles. The maximum Gasteiger partial charge on any atom is 0.352 e. The SMILES string of the molecule is NC(=O)C=Cc1c(C(=O)O)[nH]c2ccccc12. The van der Waals surface area contributed by atoms with E-state index in [0.717, 1.165) is 11.5 Å². The number of carbonyl (C=O) groups is 2. The van der Waals surface area contributed by atoms with E-state index in [2.05, 4.69) is 4.98 Å². The summed E-state index contributed by atoms with van der Waals surface area (Å²) in [6, 6.07) is 7.14. The van der Waals surface area contributed by atoms with Gasteiger partial charge in [0.15, 0.2) is 0 Å². The number of aromatic nitrogens is 1. The summed E-state index contributed by atoms with van der Waals surface area (Å²) in [6.07, 6.45) is 2.55. The molecule has 0 fully saturated rings. The van der Waals surface area contributed by atoms with Gasteiger partial charge in [-0.25, -0.2) is 4.79 Å². The zero-order valence-corrected chi connectivity index (χ0v) is 8.81. The number of hydrogen-bond acceptors (Lipinski definition) is 2. The Morgan fingerprint density at radius 3 is 2.65 bits per heavy atom. The number of rotatable bonds is 3. The van der Waals surface area contributed by atoms with E-state index < -0.39 is 11.9 Å². The molecule has 86 valence electrons. The lowest BCUT2D eigenvalue weighted by Crippen LogP contribution is -2.05. The van der Waals surface area contributed by atoms with Crippen LogP contribution in [0.15, 0.2) is 30.3 Å². The Hall–Kier alpha value is -2.56. The van der Waals surface area contributed by atoms with Gasteiger partial charge in [0.1, 0.15) is 5.69 Å². The minimum Gasteiger partial charge on any atom is -0.477 e. The van der Waals surface area contributed by atoms with Crippen LogP contribution in [0.4, 0.5) is 0 Å². The van der Waals surface area contributed by atoms with E-state index >= 15 is 0 Å². The van der Waals surface area contributed by atoms with Crippen LogP contribution in [0.25, 0.3) is 17.0 Å². The summed E-state index contributed by atoms with van der Waals surface area (Å²) in [6.45, 7) is 0. The first-order chi connectivity index (χ1) is 8.09. The second-order valence-electron chi connectivity index (χ2n) is 3.50. The van der Waals surface area contributed by atoms with Crippen molar-refractivity contribution >= 4 is 28.9 Å². The molecule has 0 aliphatic rings. The minimum absolute atomic E-state index is 0.0451. The number of benzene rings is 1. The first-order valence-electron chi connectivity index (χ1n) is 4.91. The van der Waals surface area contributed by atoms with Crippen molar-refractivity contribution in [3.63, 3.8) is 0 Å². The van der Waals surface area contributed by atoms with Crippen LogP contribution in [-0.4, -0.2) is 22.0 Å². The van der Waals surface area contributed by atoms with Crippen LogP contribution in [0.2, 0.25) is 0 Å². The van der Waals surface area contributed by atoms with E-state index in [0.29, 0.717) is 11.1 Å². The van der Waals surface area contributed by atoms with E-state index in [1.165, 1.54) is 6.08 Å². The number of amides is 1. The van der Waals surface area contributed by atoms with Crippen molar-refractivity contribution < 1.29 is 14.7 Å². The van der Waals surface area contributed by atoms with Crippen LogP contribution in [0.1, 0.15) is 16.1 Å². The molecule has 1 aromatic carbocycles. The summed E-state index contributed by atoms with van der Waals surface area (Å²) in [5, 5.41) is 9.79. The summed E-state index contributed by atoms with van der Waals surface area (Å²) >= 11 is 0. The van der Waals surface area contributed by atoms with Gasteiger partial charge in [0.2, 0.25) is 5.91 Å². The van der Waals surface area contributed by atoms with Crippen molar-refractivity contribution in [2.75, 3.05) is 0 Å². The van der Waals surface area contributed by atoms with Gasteiger partial charge in [0, 0.05) is 22.5 Å². The Morgan fingerprint density at radius 2 is 2.00 bits per heavy atom. The van der Waals surface area contributed by atoms with Crippen LogP contribution in [-0.2, 0) is 4.79 Å². The number of primary amides is 1. The van der Waals surface area contributed by atoms with Gasteiger partial charge >= 0.3 is 5.97 Å². The van der Waals surface area contributed by atoms with E-state index in [1.807, 2.05) is 0 Å². The minimum atomic E-state index is -1.08. The molecule has 0 spiro atoms. The quantitative estimate of drug-likeness (QED) is 0.694. The van der Waals surface area contributed by atoms with Gasteiger partial charge in [0.25, 0.3) is 0 Å². The van der Waals surface area contributed by atoms with Gasteiger partial charge in [-0.15, -0.1) is 0 Å². The molecular weight excluding hydrogens is 220 g/mol. The zero-order chi connectivity index (χ0) is 12.4. The molecule has 1 heterocycles. The third-order valence-corrected chi connectivity index (χ3v) is 2.37. The fourth-order valence-corrected chi connectivity index (χ4v) is 1.67. The van der Waals surface area contributed by atoms with Gasteiger partial charge in [-0.2, -0.15) is 0 Å². The molecule has 1 aromatic heterocycles. The molecule has 0 bridgehead atoms. The first kappa shape index (κ1) is 10.9. The van der Waals surface area contributed by atoms with Crippen LogP contribution in [0, 0.1) is 0 Å². The van der Waals surface area contributed by atoms with Crippen molar-refractivity contribution in [1.82, 2.24) is 4.98 Å². The molecule has 0 aliphatic heterocycles. The molecule has 5 heteroatoms. The van der Waals surface area contributed by atoms with Gasteiger partial charge in [-0.05, 0) is 12.1 Å². The number of hydrogen-bond donors (Lipinski definition) is 3. The number of para-hydroxylation sites is 1. The molecule has 17 heavy (non-hydrogen) atoms. The molecule has 2 rings (SSSR count). The van der Waals surface area contributed by atoms with Crippen LogP contribution in [0.5, 0.6) is 0 Å². The van der Waals surface area contributed by atoms with E-state index in [9.17, 15) is 9.59 Å². The smallest absolute Gasteiger partial charge is 0.352 e. The number of carboxylic acid groups (broad SMARTS) is 1. The van der Waals surface area contributed by atoms with Gasteiger partial charge in [0.05, 0.1) is 0 Å². The lowest BCUT2D eigenvalue weighted by Gasteiger charge is -1.93. The summed E-state index contributed by atoms with van der Waals surface area (Å²) in [5.74, 6) is -1.70. The fourth-order valence-electron chi connectivity index (χ4n) is 1.67. The van der Waals surface area contributed by atoms with Gasteiger partial charge in [-0.3, -0.25) is 4.79 Å². The molecule has 0 atom stereocenters. The summed E-state index contributed by atoms with van der Waals surface area (Å²) in [5.41, 5.74) is 6.19. The number of nitrogens with two attached hydrogens (primary N) is 1. The predicted molar refractivity (Wildman–Crippen MR) is 63.5 cm³/mol. The maximum absolute atomic E-state index is 11.1. The molecule has 2 aromatic rings. The van der Waals surface area contributed by atoms with Crippen LogP contribution < -0.4 is 5.73 Å². The van der Waals surface area contributed by atoms with Crippen LogP contribution in [0.3, 0.4) is 0 Å². The molecule has 4 N–H and O–H groups in total. The average Bonchev–Trinajstić information content (AvgIpc) is 2.65. The topological polar surface area (TPSA) is 96.2 Å². The van der Waals surface area contributed by atoms with Crippen molar-refractivity contribution in [3.05, 3.63) is 41.6 Å². The van der Waals surface area contributed by atoms with Gasteiger partial charge in [-0.1, -0.05) is 18.2 Å². The second-order valence-corrected chi connectivity index (χ2v) is 3.50. The Balaban J connectivity index is 2.68. The van der Waals surface area contributed by atoms with E-state index in [1.54, 1.807) is 24.3 Å². The normalized spacial score (nSPS) is 11.1. The Labute approximate surface area is 96.5 Å². The second kappa shape index (κ2) is 4.13. The lowest BCUT2D eigenvalue weighted by molar-refractivity contribution is -0.113. The summed E-state index contributed by atoms with van der Waals surface area (Å²) in [4.78, 5) is 24.5. The number of nitrogens with one attached hydrogen (secondary N) is 1. The number of fused-ring (bicyclic) bond motifs is 1. The van der Waals surface area contributed by atoms with Crippen molar-refractivity contribution in [2.45, 2.75) is 0 Å². The van der Waals surface area contributed by atoms with Crippen molar-refractivity contribution in [3.8, 4) is 0 Å². The summed E-state index contributed by atoms with van der Waals surface area (Å²) < 4.78 is 0. The van der Waals surface area contributed by atoms with Crippen molar-refractivity contribution in [1.29, 1.82) is 0 Å². The average molecular weight is 230 g/mol. The molecule has 5 nitrogen and oxygen atoms in total. The number of aromatic amines is 1. The molecule has 0 saturated carbocycles. The maximum atomic E-state index is 11.1. The standard InChI is InChI=1S/C12H10N2O3/c13-10(15)6-5-8-7-3-1-2-4-9(7)14-11(8)12(16)17/h1-6,14H,(H2,13,15)(H,16,17). The van der Waals surface area contributed by atoms with Crippen LogP contribution >= 0.6 is 0 Å². The Bertz CT molecular complexity index is 626. The molecule has 0 radical (unpaired) electrons. The fraction of sp³-hybridized carbons (Fsp3) is 0. The number of H-pyrrole nitrogens is 1. The number of carbonyl (C=O) groups excluding carboxylic acids is 1. The molecule has 1 amide bonds. The lowest BCUT2D eigenvalue weighted by atomic mass is 10.1. The number of aromatic carboxylic acids is 1. The summed E-state index contributed by atoms with van der Waals surface area (Å²) in [7, 11) is 0. The first-order valence-corrected chi connectivity index (χ1v) is 4.91. The predicted octanol–water partition coefficient (Wildman–Crippen LogP) is 1.36. The third kappa shape index (κ3) is 2.03. The highest BCUT2D eigenvalue weighted by atomic mass is 16.4. The largest absolute Gasteiger partial charge is 0.477 e. The van der Waals surface area contributed by atoms with E-state index in [-0.39, 0.29) is 5.69 Å². The van der Waals surface area contributed by atoms with Crippen molar-refractivity contribution in [2.24, 2.45) is 5.73 Å². The Morgan fingerprint density at radius 1 is 1.29 bits per heavy atom. The number of carboxylic acids is 1. The monoisotopic (exact) mass is 230 g/mol. The van der Waals surface area contributed by atoms with E-state index in [4.69, 9.17) is 10.8 Å². The molecule has 0 aliphatic carbocycles.